The van der Waals surface area contributed by atoms with Crippen molar-refractivity contribution in [2.24, 2.45) is 0 Å². The fraction of sp³-hybridized carbons (Fsp3) is 0.200. The topological polar surface area (TPSA) is 55.4 Å². The number of benzene rings is 2. The van der Waals surface area contributed by atoms with Crippen LogP contribution < -0.4 is 10.1 Å². The van der Waals surface area contributed by atoms with Crippen molar-refractivity contribution in [1.82, 2.24) is 5.32 Å². The lowest BCUT2D eigenvalue weighted by molar-refractivity contribution is 0.434. The quantitative estimate of drug-likeness (QED) is 0.922. The first-order valence-electron chi connectivity index (χ1n) is 6.32. The molecule has 0 aliphatic carbocycles. The highest BCUT2D eigenvalue weighted by atomic mass is 32.2. The number of sulfone groups is 1. The summed E-state index contributed by atoms with van der Waals surface area (Å²) in [6, 6.07) is 10.6. The number of halogens is 1. The van der Waals surface area contributed by atoms with Crippen LogP contribution in [0.3, 0.4) is 0 Å². The van der Waals surface area contributed by atoms with Crippen LogP contribution in [0, 0.1) is 5.82 Å². The van der Waals surface area contributed by atoms with Crippen LogP contribution in [0.1, 0.15) is 5.56 Å². The van der Waals surface area contributed by atoms with Crippen molar-refractivity contribution in [2.45, 2.75) is 11.4 Å². The normalized spacial score (nSPS) is 11.4. The van der Waals surface area contributed by atoms with E-state index in [1.807, 2.05) is 0 Å². The SMILES string of the molecule is CNCc1cccc(F)c1Oc1ccc(S(C)(=O)=O)cc1. The van der Waals surface area contributed by atoms with Crippen molar-refractivity contribution in [1.29, 1.82) is 0 Å². The third-order valence-corrected chi connectivity index (χ3v) is 4.02. The number of hydrogen-bond acceptors (Lipinski definition) is 4. The number of rotatable bonds is 5. The number of para-hydroxylation sites is 1. The van der Waals surface area contributed by atoms with E-state index in [-0.39, 0.29) is 10.6 Å². The van der Waals surface area contributed by atoms with E-state index in [4.69, 9.17) is 4.74 Å². The molecule has 0 amide bonds. The summed E-state index contributed by atoms with van der Waals surface area (Å²) in [7, 11) is -1.50. The van der Waals surface area contributed by atoms with E-state index in [0.29, 0.717) is 17.9 Å². The Morgan fingerprint density at radius 3 is 2.38 bits per heavy atom. The minimum absolute atomic E-state index is 0.138. The molecule has 0 unspecified atom stereocenters. The first-order chi connectivity index (χ1) is 9.91. The molecule has 1 N–H and O–H groups in total. The van der Waals surface area contributed by atoms with Gasteiger partial charge in [-0.3, -0.25) is 0 Å². The Morgan fingerprint density at radius 1 is 1.14 bits per heavy atom. The summed E-state index contributed by atoms with van der Waals surface area (Å²) >= 11 is 0. The largest absolute Gasteiger partial charge is 0.454 e. The zero-order chi connectivity index (χ0) is 15.5. The maximum absolute atomic E-state index is 13.9. The maximum Gasteiger partial charge on any atom is 0.175 e. The molecule has 0 spiro atoms. The Labute approximate surface area is 123 Å². The molecule has 2 aromatic rings. The molecule has 0 aliphatic heterocycles. The lowest BCUT2D eigenvalue weighted by Crippen LogP contribution is -2.07. The van der Waals surface area contributed by atoms with E-state index >= 15 is 0 Å². The second-order valence-electron chi connectivity index (χ2n) is 4.60. The van der Waals surface area contributed by atoms with Crippen LogP contribution in [-0.4, -0.2) is 21.7 Å². The number of hydrogen-bond donors (Lipinski definition) is 1. The van der Waals surface area contributed by atoms with Gasteiger partial charge in [-0.15, -0.1) is 0 Å². The predicted molar refractivity (Wildman–Crippen MR) is 78.8 cm³/mol. The molecular weight excluding hydrogens is 293 g/mol. The second kappa shape index (κ2) is 6.24. The molecule has 2 aromatic carbocycles. The van der Waals surface area contributed by atoms with Crippen LogP contribution in [0.25, 0.3) is 0 Å². The molecule has 0 saturated carbocycles. The Kier molecular flexibility index (Phi) is 4.59. The fourth-order valence-corrected chi connectivity index (χ4v) is 2.50. The second-order valence-corrected chi connectivity index (χ2v) is 6.62. The fourth-order valence-electron chi connectivity index (χ4n) is 1.87. The summed E-state index contributed by atoms with van der Waals surface area (Å²) < 4.78 is 42.2. The predicted octanol–water partition coefficient (Wildman–Crippen LogP) is 2.74. The van der Waals surface area contributed by atoms with Gasteiger partial charge in [0, 0.05) is 18.4 Å². The average molecular weight is 309 g/mol. The highest BCUT2D eigenvalue weighted by molar-refractivity contribution is 7.90. The molecule has 112 valence electrons. The van der Waals surface area contributed by atoms with E-state index in [0.717, 1.165) is 6.26 Å². The molecule has 4 nitrogen and oxygen atoms in total. The van der Waals surface area contributed by atoms with Gasteiger partial charge in [-0.1, -0.05) is 12.1 Å². The summed E-state index contributed by atoms with van der Waals surface area (Å²) in [5.41, 5.74) is 0.685. The molecule has 0 aromatic heterocycles. The van der Waals surface area contributed by atoms with E-state index in [2.05, 4.69) is 5.32 Å². The van der Waals surface area contributed by atoms with Gasteiger partial charge in [0.05, 0.1) is 4.90 Å². The molecular formula is C15H16FNO3S. The van der Waals surface area contributed by atoms with Crippen LogP contribution in [0.4, 0.5) is 4.39 Å². The Hall–Kier alpha value is -1.92. The summed E-state index contributed by atoms with van der Waals surface area (Å²) in [5, 5.41) is 2.94. The zero-order valence-corrected chi connectivity index (χ0v) is 12.6. The van der Waals surface area contributed by atoms with Gasteiger partial charge in [0.25, 0.3) is 0 Å². The number of nitrogens with one attached hydrogen (secondary N) is 1. The molecule has 0 radical (unpaired) electrons. The third-order valence-electron chi connectivity index (χ3n) is 2.89. The molecule has 0 aliphatic rings. The van der Waals surface area contributed by atoms with E-state index in [9.17, 15) is 12.8 Å². The first kappa shape index (κ1) is 15.5. The van der Waals surface area contributed by atoms with Gasteiger partial charge >= 0.3 is 0 Å². The molecule has 0 atom stereocenters. The molecule has 2 rings (SSSR count). The lowest BCUT2D eigenvalue weighted by atomic mass is 10.2. The third kappa shape index (κ3) is 3.80. The molecule has 21 heavy (non-hydrogen) atoms. The van der Waals surface area contributed by atoms with Gasteiger partial charge in [-0.2, -0.15) is 0 Å². The number of ether oxygens (including phenoxy) is 1. The van der Waals surface area contributed by atoms with Crippen molar-refractivity contribution in [3.8, 4) is 11.5 Å². The van der Waals surface area contributed by atoms with Crippen molar-refractivity contribution >= 4 is 9.84 Å². The van der Waals surface area contributed by atoms with Crippen LogP contribution >= 0.6 is 0 Å². The highest BCUT2D eigenvalue weighted by Gasteiger charge is 2.12. The molecule has 6 heteroatoms. The van der Waals surface area contributed by atoms with Gasteiger partial charge in [-0.05, 0) is 37.4 Å². The van der Waals surface area contributed by atoms with Crippen molar-refractivity contribution < 1.29 is 17.5 Å². The highest BCUT2D eigenvalue weighted by Crippen LogP contribution is 2.29. The van der Waals surface area contributed by atoms with Gasteiger partial charge < -0.3 is 10.1 Å². The Balaban J connectivity index is 2.30. The van der Waals surface area contributed by atoms with Crippen LogP contribution in [0.2, 0.25) is 0 Å². The molecule has 0 heterocycles. The Morgan fingerprint density at radius 2 is 1.81 bits per heavy atom. The lowest BCUT2D eigenvalue weighted by Gasteiger charge is -2.12. The van der Waals surface area contributed by atoms with Crippen LogP contribution in [0.5, 0.6) is 11.5 Å². The standard InChI is InChI=1S/C15H16FNO3S/c1-17-10-11-4-3-5-14(16)15(11)20-12-6-8-13(9-7-12)21(2,18)19/h3-9,17H,10H2,1-2H3. The summed E-state index contributed by atoms with van der Waals surface area (Å²) in [5.74, 6) is 0.0544. The monoisotopic (exact) mass is 309 g/mol. The smallest absolute Gasteiger partial charge is 0.175 e. The van der Waals surface area contributed by atoms with Crippen molar-refractivity contribution in [3.63, 3.8) is 0 Å². The molecule has 0 bridgehead atoms. The first-order valence-corrected chi connectivity index (χ1v) is 8.21. The maximum atomic E-state index is 13.9. The molecule has 0 fully saturated rings. The van der Waals surface area contributed by atoms with Crippen LogP contribution in [-0.2, 0) is 16.4 Å². The average Bonchev–Trinajstić information content (AvgIpc) is 2.42. The van der Waals surface area contributed by atoms with E-state index in [1.165, 1.54) is 30.3 Å². The van der Waals surface area contributed by atoms with Crippen molar-refractivity contribution in [2.75, 3.05) is 13.3 Å². The summed E-state index contributed by atoms with van der Waals surface area (Å²) in [6.07, 6.45) is 1.13. The zero-order valence-electron chi connectivity index (χ0n) is 11.8. The van der Waals surface area contributed by atoms with Crippen molar-refractivity contribution in [3.05, 3.63) is 53.8 Å². The van der Waals surface area contributed by atoms with Gasteiger partial charge in [0.15, 0.2) is 21.4 Å². The van der Waals surface area contributed by atoms with Gasteiger partial charge in [0.2, 0.25) is 0 Å². The minimum Gasteiger partial charge on any atom is -0.454 e. The minimum atomic E-state index is -3.26. The van der Waals surface area contributed by atoms with Crippen LogP contribution in [0.15, 0.2) is 47.4 Å². The Bertz CT molecular complexity index is 727. The summed E-state index contributed by atoms with van der Waals surface area (Å²) in [4.78, 5) is 0.193. The van der Waals surface area contributed by atoms with Gasteiger partial charge in [-0.25, -0.2) is 12.8 Å². The van der Waals surface area contributed by atoms with E-state index in [1.54, 1.807) is 19.2 Å². The van der Waals surface area contributed by atoms with Gasteiger partial charge in [0.1, 0.15) is 5.75 Å². The summed E-state index contributed by atoms with van der Waals surface area (Å²) in [6.45, 7) is 0.467. The molecule has 0 saturated heterocycles. The van der Waals surface area contributed by atoms with E-state index < -0.39 is 15.7 Å².